The molecule has 0 fully saturated rings. The van der Waals surface area contributed by atoms with Crippen LogP contribution < -0.4 is 10.2 Å². The number of nitrogens with zero attached hydrogens (tertiary/aromatic N) is 1. The van der Waals surface area contributed by atoms with Crippen molar-refractivity contribution in [2.75, 3.05) is 11.4 Å². The average Bonchev–Trinajstić information content (AvgIpc) is 2.59. The van der Waals surface area contributed by atoms with E-state index in [9.17, 15) is 4.79 Å². The highest BCUT2D eigenvalue weighted by Gasteiger charge is 2.36. The second-order valence-electron chi connectivity index (χ2n) is 7.10. The zero-order valence-electron chi connectivity index (χ0n) is 14.6. The van der Waals surface area contributed by atoms with Gasteiger partial charge in [-0.3, -0.25) is 4.90 Å². The van der Waals surface area contributed by atoms with Gasteiger partial charge in [-0.05, 0) is 56.7 Å². The minimum atomic E-state index is -0.155. The number of amides is 2. The molecule has 3 rings (SSSR count). The first-order valence-electron chi connectivity index (χ1n) is 8.78. The number of hydrogen-bond donors (Lipinski definition) is 1. The van der Waals surface area contributed by atoms with E-state index in [4.69, 9.17) is 0 Å². The number of urea groups is 1. The summed E-state index contributed by atoms with van der Waals surface area (Å²) in [5.41, 5.74) is 3.47. The largest absolute Gasteiger partial charge is 0.338 e. The Morgan fingerprint density at radius 1 is 1.08 bits per heavy atom. The summed E-state index contributed by atoms with van der Waals surface area (Å²) in [6, 6.07) is 18.7. The lowest BCUT2D eigenvalue weighted by molar-refractivity contribution is 0.237. The molecular weight excluding hydrogens is 296 g/mol. The van der Waals surface area contributed by atoms with Crippen molar-refractivity contribution in [3.05, 3.63) is 65.7 Å². The van der Waals surface area contributed by atoms with E-state index in [1.807, 2.05) is 23.1 Å². The molecule has 1 N–H and O–H groups in total. The summed E-state index contributed by atoms with van der Waals surface area (Å²) >= 11 is 0. The average molecular weight is 322 g/mol. The van der Waals surface area contributed by atoms with E-state index in [-0.39, 0.29) is 11.6 Å². The molecule has 0 radical (unpaired) electrons. The quantitative estimate of drug-likeness (QED) is 0.822. The Bertz CT molecular complexity index is 694. The number of carbonyl (C=O) groups excluding carboxylic acids is 1. The molecule has 3 heteroatoms. The normalized spacial score (nSPS) is 15.7. The zero-order valence-corrected chi connectivity index (χ0v) is 14.6. The maximum absolute atomic E-state index is 12.8. The van der Waals surface area contributed by atoms with E-state index in [1.54, 1.807) is 0 Å². The standard InChI is InChI=1S/C21H26N2O/c1-21(2)15-14-18-12-6-7-13-19(18)23(21)20(24)22-16-8-11-17-9-4-3-5-10-17/h3-7,9-10,12-13H,8,11,14-16H2,1-2H3,(H,22,24). The maximum Gasteiger partial charge on any atom is 0.322 e. The minimum Gasteiger partial charge on any atom is -0.338 e. The maximum atomic E-state index is 12.8. The number of fused-ring (bicyclic) bond motifs is 1. The number of carbonyl (C=O) groups is 1. The lowest BCUT2D eigenvalue weighted by atomic mass is 9.87. The molecule has 3 nitrogen and oxygen atoms in total. The van der Waals surface area contributed by atoms with Crippen molar-refractivity contribution in [2.24, 2.45) is 0 Å². The topological polar surface area (TPSA) is 32.3 Å². The molecule has 0 aliphatic carbocycles. The SMILES string of the molecule is CC1(C)CCc2ccccc2N1C(=O)NCCCc1ccccc1. The van der Waals surface area contributed by atoms with Crippen LogP contribution in [0, 0.1) is 0 Å². The first-order chi connectivity index (χ1) is 11.6. The Morgan fingerprint density at radius 2 is 1.79 bits per heavy atom. The third-order valence-corrected chi connectivity index (χ3v) is 4.81. The van der Waals surface area contributed by atoms with Crippen LogP contribution in [0.15, 0.2) is 54.6 Å². The van der Waals surface area contributed by atoms with Crippen LogP contribution in [0.5, 0.6) is 0 Å². The molecule has 2 aromatic rings. The van der Waals surface area contributed by atoms with Crippen molar-refractivity contribution in [1.29, 1.82) is 0 Å². The number of hydrogen-bond acceptors (Lipinski definition) is 1. The lowest BCUT2D eigenvalue weighted by Gasteiger charge is -2.43. The van der Waals surface area contributed by atoms with Gasteiger partial charge in [-0.25, -0.2) is 4.79 Å². The zero-order chi connectivity index (χ0) is 17.0. The molecule has 2 amide bonds. The number of nitrogens with one attached hydrogen (secondary N) is 1. The summed E-state index contributed by atoms with van der Waals surface area (Å²) in [7, 11) is 0. The van der Waals surface area contributed by atoms with Crippen LogP contribution in [-0.2, 0) is 12.8 Å². The molecule has 0 unspecified atom stereocenters. The van der Waals surface area contributed by atoms with Crippen LogP contribution in [0.25, 0.3) is 0 Å². The predicted octanol–water partition coefficient (Wildman–Crippen LogP) is 4.56. The molecule has 0 saturated heterocycles. The van der Waals surface area contributed by atoms with E-state index in [1.165, 1.54) is 11.1 Å². The smallest absolute Gasteiger partial charge is 0.322 e. The first-order valence-corrected chi connectivity index (χ1v) is 8.78. The van der Waals surface area contributed by atoms with Crippen molar-refractivity contribution in [3.63, 3.8) is 0 Å². The molecular formula is C21H26N2O. The van der Waals surface area contributed by atoms with Crippen LogP contribution in [-0.4, -0.2) is 18.1 Å². The van der Waals surface area contributed by atoms with Crippen molar-refractivity contribution in [1.82, 2.24) is 5.32 Å². The van der Waals surface area contributed by atoms with E-state index in [0.717, 1.165) is 31.4 Å². The number of anilines is 1. The van der Waals surface area contributed by atoms with E-state index < -0.39 is 0 Å². The van der Waals surface area contributed by atoms with Gasteiger partial charge >= 0.3 is 6.03 Å². The number of aryl methyl sites for hydroxylation is 2. The Kier molecular flexibility index (Phi) is 4.89. The molecule has 1 aliphatic heterocycles. The molecule has 0 bridgehead atoms. The van der Waals surface area contributed by atoms with Gasteiger partial charge < -0.3 is 5.32 Å². The van der Waals surface area contributed by atoms with E-state index in [0.29, 0.717) is 6.54 Å². The molecule has 1 aliphatic rings. The van der Waals surface area contributed by atoms with Crippen LogP contribution >= 0.6 is 0 Å². The van der Waals surface area contributed by atoms with Gasteiger partial charge in [0.05, 0.1) is 0 Å². The molecule has 126 valence electrons. The van der Waals surface area contributed by atoms with Gasteiger partial charge in [-0.1, -0.05) is 48.5 Å². The molecule has 1 heterocycles. The number of para-hydroxylation sites is 1. The van der Waals surface area contributed by atoms with Gasteiger partial charge in [0.15, 0.2) is 0 Å². The third kappa shape index (κ3) is 3.61. The summed E-state index contributed by atoms with van der Waals surface area (Å²) in [6.07, 6.45) is 3.95. The van der Waals surface area contributed by atoms with Gasteiger partial charge in [0, 0.05) is 17.8 Å². The fraction of sp³-hybridized carbons (Fsp3) is 0.381. The highest BCUT2D eigenvalue weighted by atomic mass is 16.2. The summed E-state index contributed by atoms with van der Waals surface area (Å²) in [4.78, 5) is 14.7. The van der Waals surface area contributed by atoms with Crippen molar-refractivity contribution >= 4 is 11.7 Å². The molecule has 0 atom stereocenters. The fourth-order valence-electron chi connectivity index (χ4n) is 3.41. The molecule has 2 aromatic carbocycles. The lowest BCUT2D eigenvalue weighted by Crippen LogP contribution is -2.54. The van der Waals surface area contributed by atoms with Crippen LogP contribution in [0.1, 0.15) is 37.8 Å². The van der Waals surface area contributed by atoms with Gasteiger partial charge in [0.25, 0.3) is 0 Å². The summed E-state index contributed by atoms with van der Waals surface area (Å²) in [6.45, 7) is 4.99. The summed E-state index contributed by atoms with van der Waals surface area (Å²) < 4.78 is 0. The number of benzene rings is 2. The van der Waals surface area contributed by atoms with Gasteiger partial charge in [0.2, 0.25) is 0 Å². The second kappa shape index (κ2) is 7.08. The van der Waals surface area contributed by atoms with E-state index in [2.05, 4.69) is 55.6 Å². The van der Waals surface area contributed by atoms with E-state index >= 15 is 0 Å². The molecule has 0 spiro atoms. The first kappa shape index (κ1) is 16.6. The minimum absolute atomic E-state index is 0.0141. The van der Waals surface area contributed by atoms with Crippen LogP contribution in [0.3, 0.4) is 0 Å². The van der Waals surface area contributed by atoms with Crippen molar-refractivity contribution in [2.45, 2.75) is 45.1 Å². The highest BCUT2D eigenvalue weighted by Crippen LogP contribution is 2.36. The number of rotatable bonds is 4. The summed E-state index contributed by atoms with van der Waals surface area (Å²) in [5.74, 6) is 0. The predicted molar refractivity (Wildman–Crippen MR) is 99.5 cm³/mol. The van der Waals surface area contributed by atoms with Gasteiger partial charge in [-0.15, -0.1) is 0 Å². The molecule has 0 aromatic heterocycles. The monoisotopic (exact) mass is 322 g/mol. The van der Waals surface area contributed by atoms with Crippen LogP contribution in [0.2, 0.25) is 0 Å². The Balaban J connectivity index is 1.61. The Hall–Kier alpha value is -2.29. The van der Waals surface area contributed by atoms with Crippen LogP contribution in [0.4, 0.5) is 10.5 Å². The Morgan fingerprint density at radius 3 is 2.58 bits per heavy atom. The molecule has 24 heavy (non-hydrogen) atoms. The van der Waals surface area contributed by atoms with Crippen molar-refractivity contribution in [3.8, 4) is 0 Å². The molecule has 0 saturated carbocycles. The van der Waals surface area contributed by atoms with Crippen molar-refractivity contribution < 1.29 is 4.79 Å². The Labute approximate surface area is 144 Å². The fourth-order valence-corrected chi connectivity index (χ4v) is 3.41. The van der Waals surface area contributed by atoms with Gasteiger partial charge in [0.1, 0.15) is 0 Å². The highest BCUT2D eigenvalue weighted by molar-refractivity contribution is 5.94. The third-order valence-electron chi connectivity index (χ3n) is 4.81. The van der Waals surface area contributed by atoms with Gasteiger partial charge in [-0.2, -0.15) is 0 Å². The summed E-state index contributed by atoms with van der Waals surface area (Å²) in [5, 5.41) is 3.11. The second-order valence-corrected chi connectivity index (χ2v) is 7.10.